The molecule has 2 aromatic rings. The number of amides is 1. The molecular weight excluding hydrogens is 318 g/mol. The van der Waals surface area contributed by atoms with E-state index in [1.54, 1.807) is 0 Å². The van der Waals surface area contributed by atoms with E-state index < -0.39 is 38.9 Å². The molecule has 118 valence electrons. The number of nitrogens with two attached hydrogens (primary N) is 1. The van der Waals surface area contributed by atoms with Crippen LogP contribution in [0.25, 0.3) is 0 Å². The van der Waals surface area contributed by atoms with Crippen molar-refractivity contribution < 1.29 is 22.0 Å². The first-order valence-corrected chi connectivity index (χ1v) is 7.66. The Kier molecular flexibility index (Phi) is 4.22. The second kappa shape index (κ2) is 5.79. The Labute approximate surface area is 124 Å². The fourth-order valence-electron chi connectivity index (χ4n) is 1.84. The van der Waals surface area contributed by atoms with Crippen molar-refractivity contribution in [3.63, 3.8) is 0 Å². The molecule has 1 aromatic carbocycles. The Morgan fingerprint density at radius 2 is 1.86 bits per heavy atom. The maximum atomic E-state index is 12.6. The monoisotopic (exact) mass is 330 g/mol. The summed E-state index contributed by atoms with van der Waals surface area (Å²) in [5, 5.41) is 5.96. The summed E-state index contributed by atoms with van der Waals surface area (Å²) >= 11 is 0. The van der Waals surface area contributed by atoms with Gasteiger partial charge in [0.1, 0.15) is 0 Å². The highest BCUT2D eigenvalue weighted by atomic mass is 32.2. The number of aromatic nitrogens is 3. The van der Waals surface area contributed by atoms with Crippen LogP contribution in [0.4, 0.5) is 8.78 Å². The second-order valence-electron chi connectivity index (χ2n) is 4.52. The van der Waals surface area contributed by atoms with E-state index in [1.165, 1.54) is 24.3 Å². The zero-order valence-corrected chi connectivity index (χ0v) is 12.2. The third-order valence-electron chi connectivity index (χ3n) is 2.94. The first-order chi connectivity index (χ1) is 10.2. The topological polar surface area (TPSA) is 108 Å². The summed E-state index contributed by atoms with van der Waals surface area (Å²) in [5.74, 6) is -1.81. The molecule has 0 aliphatic rings. The number of rotatable bonds is 5. The summed E-state index contributed by atoms with van der Waals surface area (Å²) < 4.78 is 50.4. The molecule has 0 unspecified atom stereocenters. The lowest BCUT2D eigenvalue weighted by molar-refractivity contribution is 0.1000. The second-order valence-corrected chi connectivity index (χ2v) is 6.40. The van der Waals surface area contributed by atoms with Crippen LogP contribution in [0.5, 0.6) is 0 Å². The van der Waals surface area contributed by atoms with E-state index in [4.69, 9.17) is 5.73 Å². The van der Waals surface area contributed by atoms with Crippen molar-refractivity contribution >= 4 is 15.7 Å². The molecule has 0 fully saturated rings. The van der Waals surface area contributed by atoms with Gasteiger partial charge in [-0.05, 0) is 17.7 Å². The molecule has 2 N–H and O–H groups in total. The quantitative estimate of drug-likeness (QED) is 0.873. The molecule has 2 rings (SSSR count). The van der Waals surface area contributed by atoms with E-state index in [1.807, 2.05) is 0 Å². The highest BCUT2D eigenvalue weighted by molar-refractivity contribution is 7.90. The van der Waals surface area contributed by atoms with Gasteiger partial charge in [-0.2, -0.15) is 0 Å². The maximum Gasteiger partial charge on any atom is 0.297 e. The number of primary amides is 1. The van der Waals surface area contributed by atoms with Crippen molar-refractivity contribution in [2.75, 3.05) is 0 Å². The first-order valence-electron chi connectivity index (χ1n) is 6.01. The Morgan fingerprint density at radius 1 is 1.27 bits per heavy atom. The first kappa shape index (κ1) is 16.0. The van der Waals surface area contributed by atoms with Gasteiger partial charge in [-0.25, -0.2) is 17.2 Å². The van der Waals surface area contributed by atoms with Crippen LogP contribution in [0.15, 0.2) is 29.4 Å². The normalized spacial score (nSPS) is 11.8. The molecule has 0 aliphatic heterocycles. The van der Waals surface area contributed by atoms with E-state index in [0.29, 0.717) is 5.56 Å². The van der Waals surface area contributed by atoms with Crippen LogP contribution >= 0.6 is 0 Å². The molecule has 0 radical (unpaired) electrons. The third kappa shape index (κ3) is 3.11. The highest BCUT2D eigenvalue weighted by Gasteiger charge is 2.26. The van der Waals surface area contributed by atoms with E-state index in [0.717, 1.165) is 11.6 Å². The van der Waals surface area contributed by atoms with Crippen molar-refractivity contribution in [1.29, 1.82) is 0 Å². The lowest BCUT2D eigenvalue weighted by Crippen LogP contribution is -2.13. The minimum absolute atomic E-state index is 0.236. The number of hydrogen-bond donors (Lipinski definition) is 1. The van der Waals surface area contributed by atoms with E-state index in [-0.39, 0.29) is 5.56 Å². The van der Waals surface area contributed by atoms with Gasteiger partial charge in [0, 0.05) is 12.6 Å². The summed E-state index contributed by atoms with van der Waals surface area (Å²) in [6.07, 6.45) is -2.92. The third-order valence-corrected chi connectivity index (χ3v) is 4.56. The number of alkyl halides is 2. The van der Waals surface area contributed by atoms with Gasteiger partial charge < -0.3 is 10.3 Å². The molecule has 1 amide bonds. The molecule has 0 bridgehead atoms. The molecule has 0 spiro atoms. The summed E-state index contributed by atoms with van der Waals surface area (Å²) in [5.41, 5.74) is 5.69. The number of sulfone groups is 1. The molecule has 0 saturated carbocycles. The number of halogens is 2. The van der Waals surface area contributed by atoms with Crippen LogP contribution in [0.1, 0.15) is 28.2 Å². The van der Waals surface area contributed by atoms with E-state index >= 15 is 0 Å². The minimum atomic E-state index is -3.95. The molecule has 22 heavy (non-hydrogen) atoms. The molecular formula is C12H12F2N4O3S. The predicted molar refractivity (Wildman–Crippen MR) is 71.8 cm³/mol. The van der Waals surface area contributed by atoms with Gasteiger partial charge in [0.25, 0.3) is 6.43 Å². The van der Waals surface area contributed by atoms with Crippen molar-refractivity contribution in [3.8, 4) is 0 Å². The molecule has 1 heterocycles. The van der Waals surface area contributed by atoms with Gasteiger partial charge in [0.05, 0.1) is 5.75 Å². The fraction of sp³-hybridized carbons (Fsp3) is 0.250. The maximum absolute atomic E-state index is 12.6. The van der Waals surface area contributed by atoms with E-state index in [9.17, 15) is 22.0 Å². The average molecular weight is 330 g/mol. The number of carbonyl (C=O) groups excluding carboxylic acids is 1. The Bertz CT molecular complexity index is 800. The van der Waals surface area contributed by atoms with Crippen LogP contribution in [0.2, 0.25) is 0 Å². The van der Waals surface area contributed by atoms with Crippen LogP contribution < -0.4 is 5.73 Å². The Balaban J connectivity index is 2.30. The smallest absolute Gasteiger partial charge is 0.297 e. The van der Waals surface area contributed by atoms with Crippen molar-refractivity contribution in [2.24, 2.45) is 12.8 Å². The standard InChI is InChI=1S/C12H12F2N4O3S/c1-18-11(9(13)14)16-17-12(18)22(20,21)6-7-2-4-8(5-3-7)10(15)19/h2-5,9H,6H2,1H3,(H2,15,19). The van der Waals surface area contributed by atoms with Crippen molar-refractivity contribution in [1.82, 2.24) is 14.8 Å². The molecule has 0 saturated heterocycles. The van der Waals surface area contributed by atoms with Crippen molar-refractivity contribution in [2.45, 2.75) is 17.3 Å². The van der Waals surface area contributed by atoms with Gasteiger partial charge in [0.2, 0.25) is 26.7 Å². The van der Waals surface area contributed by atoms with Crippen LogP contribution in [0.3, 0.4) is 0 Å². The molecule has 10 heteroatoms. The van der Waals surface area contributed by atoms with Crippen molar-refractivity contribution in [3.05, 3.63) is 41.2 Å². The molecule has 7 nitrogen and oxygen atoms in total. The number of carbonyl (C=O) groups is 1. The number of hydrogen-bond acceptors (Lipinski definition) is 5. The summed E-state index contributed by atoms with van der Waals surface area (Å²) in [7, 11) is -2.79. The fourth-order valence-corrected chi connectivity index (χ4v) is 3.27. The van der Waals surface area contributed by atoms with Gasteiger partial charge in [-0.15, -0.1) is 10.2 Å². The number of benzene rings is 1. The largest absolute Gasteiger partial charge is 0.366 e. The highest BCUT2D eigenvalue weighted by Crippen LogP contribution is 2.20. The van der Waals surface area contributed by atoms with Gasteiger partial charge in [-0.3, -0.25) is 4.79 Å². The Morgan fingerprint density at radius 3 is 2.32 bits per heavy atom. The lowest BCUT2D eigenvalue weighted by atomic mass is 10.1. The molecule has 1 aromatic heterocycles. The summed E-state index contributed by atoms with van der Waals surface area (Å²) in [6, 6.07) is 5.60. The van der Waals surface area contributed by atoms with Gasteiger partial charge in [-0.1, -0.05) is 12.1 Å². The zero-order valence-electron chi connectivity index (χ0n) is 11.4. The SMILES string of the molecule is Cn1c(C(F)F)nnc1S(=O)(=O)Cc1ccc(C(N)=O)cc1. The summed E-state index contributed by atoms with van der Waals surface area (Å²) in [6.45, 7) is 0. The lowest BCUT2D eigenvalue weighted by Gasteiger charge is -2.05. The van der Waals surface area contributed by atoms with Crippen LogP contribution in [0, 0.1) is 0 Å². The van der Waals surface area contributed by atoms with Gasteiger partial charge >= 0.3 is 0 Å². The number of nitrogens with zero attached hydrogens (tertiary/aromatic N) is 3. The Hall–Kier alpha value is -2.36. The zero-order chi connectivity index (χ0) is 16.5. The van der Waals surface area contributed by atoms with E-state index in [2.05, 4.69) is 10.2 Å². The summed E-state index contributed by atoms with van der Waals surface area (Å²) in [4.78, 5) is 10.9. The molecule has 0 atom stereocenters. The molecule has 0 aliphatic carbocycles. The van der Waals surface area contributed by atoms with Gasteiger partial charge in [0.15, 0.2) is 0 Å². The van der Waals surface area contributed by atoms with Crippen LogP contribution in [-0.2, 0) is 22.6 Å². The average Bonchev–Trinajstić information content (AvgIpc) is 2.81. The van der Waals surface area contributed by atoms with Crippen LogP contribution in [-0.4, -0.2) is 29.1 Å². The minimum Gasteiger partial charge on any atom is -0.366 e. The predicted octanol–water partition coefficient (Wildman–Crippen LogP) is 0.826.